The van der Waals surface area contributed by atoms with Gasteiger partial charge in [-0.2, -0.15) is 0 Å². The van der Waals surface area contributed by atoms with Gasteiger partial charge in [0.1, 0.15) is 51.2 Å². The first-order chi connectivity index (χ1) is 57.7. The number of pyridine rings is 3. The zero-order valence-electron chi connectivity index (χ0n) is 65.7. The zero-order chi connectivity index (χ0) is 83.2. The molecule has 1 aliphatic heterocycles. The molecule has 7 aromatic heterocycles. The number of amides is 2. The van der Waals surface area contributed by atoms with Crippen LogP contribution in [0, 0.1) is 25.5 Å². The van der Waals surface area contributed by atoms with Crippen molar-refractivity contribution in [3.8, 4) is 68.9 Å². The summed E-state index contributed by atoms with van der Waals surface area (Å²) in [5.74, 6) is 0.633. The van der Waals surface area contributed by atoms with Gasteiger partial charge in [0.05, 0.1) is 109 Å². The summed E-state index contributed by atoms with van der Waals surface area (Å²) in [6.45, 7) is 4.58. The molecule has 15 aromatic rings. The zero-order valence-corrected chi connectivity index (χ0v) is 65.7. The van der Waals surface area contributed by atoms with E-state index in [0.29, 0.717) is 122 Å². The Morgan fingerprint density at radius 3 is 1.37 bits per heavy atom. The van der Waals surface area contributed by atoms with Crippen LogP contribution < -0.4 is 61.5 Å². The van der Waals surface area contributed by atoms with Gasteiger partial charge in [-0.05, 0) is 148 Å². The number of anilines is 2. The Bertz CT molecular complexity index is 6540. The number of hydrogen-bond donors (Lipinski definition) is 3. The molecule has 8 heterocycles. The minimum Gasteiger partial charge on any atom is -0.497 e. The monoisotopic (exact) mass is 1600 g/mol. The number of halogens is 2. The summed E-state index contributed by atoms with van der Waals surface area (Å²) in [6, 6.07) is 56.8. The quantitative estimate of drug-likeness (QED) is 0.0531. The average Bonchev–Trinajstić information content (AvgIpc) is 1.59. The Labute approximate surface area is 678 Å². The number of Topliss-reactive ketones (excluding diaryl/α,β-unsaturated/α-hetero) is 1. The van der Waals surface area contributed by atoms with Crippen LogP contribution in [0.2, 0.25) is 0 Å². The summed E-state index contributed by atoms with van der Waals surface area (Å²) in [6.07, 6.45) is 11.6. The second kappa shape index (κ2) is 34.4. The van der Waals surface area contributed by atoms with E-state index in [0.717, 1.165) is 42.3 Å². The number of nitrogens with one attached hydrogen (secondary N) is 2. The van der Waals surface area contributed by atoms with Gasteiger partial charge in [-0.3, -0.25) is 62.7 Å². The largest absolute Gasteiger partial charge is 0.497 e. The number of benzene rings is 8. The van der Waals surface area contributed by atoms with Crippen LogP contribution in [0.25, 0.3) is 49.8 Å². The Morgan fingerprint density at radius 1 is 0.496 bits per heavy atom. The lowest BCUT2D eigenvalue weighted by atomic mass is 9.91. The molecule has 0 spiro atoms. The van der Waals surface area contributed by atoms with Gasteiger partial charge in [0.25, 0.3) is 28.5 Å². The van der Waals surface area contributed by atoms with Crippen molar-refractivity contribution in [3.05, 3.63) is 313 Å². The maximum atomic E-state index is 15.3. The summed E-state index contributed by atoms with van der Waals surface area (Å²) in [4.78, 5) is 102. The molecule has 2 fully saturated rings. The van der Waals surface area contributed by atoms with Gasteiger partial charge in [-0.15, -0.1) is 0 Å². The second-order valence-corrected chi connectivity index (χ2v) is 28.3. The molecule has 119 heavy (non-hydrogen) atoms. The maximum absolute atomic E-state index is 15.3. The van der Waals surface area contributed by atoms with E-state index in [1.54, 1.807) is 161 Å². The molecule has 29 heteroatoms. The third-order valence-corrected chi connectivity index (χ3v) is 20.9. The molecule has 1 unspecified atom stereocenters. The van der Waals surface area contributed by atoms with Crippen molar-refractivity contribution in [3.63, 3.8) is 0 Å². The number of carbonyl (C=O) groups is 3. The summed E-state index contributed by atoms with van der Waals surface area (Å²) < 4.78 is 78.9. The van der Waals surface area contributed by atoms with Gasteiger partial charge in [-0.25, -0.2) is 27.8 Å². The lowest BCUT2D eigenvalue weighted by molar-refractivity contribution is -0.0621. The molecule has 602 valence electrons. The number of fused-ring (bicyclic) bond motifs is 3. The van der Waals surface area contributed by atoms with Crippen LogP contribution in [0.1, 0.15) is 86.0 Å². The van der Waals surface area contributed by atoms with Gasteiger partial charge < -0.3 is 49.5 Å². The van der Waals surface area contributed by atoms with E-state index in [4.69, 9.17) is 38.9 Å². The van der Waals surface area contributed by atoms with Crippen LogP contribution in [-0.4, -0.2) is 105 Å². The topological polar surface area (TPSA) is 311 Å². The van der Waals surface area contributed by atoms with E-state index in [9.17, 15) is 28.8 Å². The molecule has 1 atom stereocenters. The van der Waals surface area contributed by atoms with E-state index in [1.807, 2.05) is 84.9 Å². The van der Waals surface area contributed by atoms with Crippen LogP contribution in [0.15, 0.2) is 246 Å². The van der Waals surface area contributed by atoms with Gasteiger partial charge in [0.2, 0.25) is 5.88 Å². The third kappa shape index (κ3) is 16.5. The van der Waals surface area contributed by atoms with E-state index in [1.165, 1.54) is 50.7 Å². The molecule has 1 saturated heterocycles. The first-order valence-corrected chi connectivity index (χ1v) is 38.1. The number of nitrogens with two attached hydrogens (primary N) is 1. The third-order valence-electron chi connectivity index (χ3n) is 20.9. The Morgan fingerprint density at radius 2 is 0.933 bits per heavy atom. The van der Waals surface area contributed by atoms with E-state index in [-0.39, 0.29) is 69.3 Å². The van der Waals surface area contributed by atoms with Crippen molar-refractivity contribution >= 4 is 61.7 Å². The van der Waals surface area contributed by atoms with Crippen molar-refractivity contribution in [2.75, 3.05) is 38.6 Å². The number of carbonyl (C=O) groups excluding carboxylic acids is 3. The standard InChI is InChI=1S/C32H30FN5O4.C31H27FN4O5.C27H23N5O4/c1-37-29(32(34)15-6-7-16-32)28(31(40)38(37)21-8-4-3-5-9-21)30(39)36-20-10-13-27(24(33)18-20)42-26-14-17-35-25-19-22(41-2)11-12-23(25)26;1-19-29(31(38)36(21-6-4-3-5-7-21)35(19)18-23-13-15-40-23)30(37)34-20-8-11-28(25(32)16-20)41-27-12-14-33-26-17-22(39-2)9-10-24(26)27;1-17-26(27(34)32(31(17)2)19-7-5-4-6-8-19)23(33)13-18-15-30-25(16-29-18)36-24-11-12-28-22-14-20(35-3)9-10-21(22)24/h3-5,8-14,17-19H,6-7,15-16,34H2,1-2H3,(H,36,39);3-12,14,16-17,23H,13,15,18H2,1-2H3,(H,34,37);4-12,14-16H,13H2,1-3H3. The number of methoxy groups -OCH3 is 3. The molecule has 17 rings (SSSR count). The number of aromatic nitrogens is 11. The Balaban J connectivity index is 0.000000140. The molecular formula is C90H80F2N14O13. The van der Waals surface area contributed by atoms with Crippen LogP contribution >= 0.6 is 0 Å². The predicted molar refractivity (Wildman–Crippen MR) is 444 cm³/mol. The van der Waals surface area contributed by atoms with Gasteiger partial charge in [0.15, 0.2) is 28.9 Å². The highest BCUT2D eigenvalue weighted by atomic mass is 19.1. The summed E-state index contributed by atoms with van der Waals surface area (Å²) >= 11 is 0. The second-order valence-electron chi connectivity index (χ2n) is 28.3. The van der Waals surface area contributed by atoms with Gasteiger partial charge in [0, 0.05) is 103 Å². The molecule has 4 N–H and O–H groups in total. The SMILES string of the molecule is COc1ccc2c(Oc3ccc(NC(=O)c4c(C)n(CC5CCO5)n(-c5ccccc5)c4=O)cc3F)ccnc2c1.COc1ccc2c(Oc3ccc(NC(=O)c4c(C5(N)CCCC5)n(C)n(-c5ccccc5)c4=O)cc3F)ccnc2c1.COc1ccc2c(Oc3cnc(CC(=O)c4c(C)n(C)n(-c5ccccc5)c4=O)cn3)ccnc2c1. The summed E-state index contributed by atoms with van der Waals surface area (Å²) in [7, 11) is 8.22. The molecule has 1 saturated carbocycles. The fourth-order valence-corrected chi connectivity index (χ4v) is 14.7. The highest BCUT2D eigenvalue weighted by molar-refractivity contribution is 6.06. The van der Waals surface area contributed by atoms with Crippen LogP contribution in [0.5, 0.6) is 51.9 Å². The number of rotatable bonds is 22. The van der Waals surface area contributed by atoms with Gasteiger partial charge >= 0.3 is 0 Å². The summed E-state index contributed by atoms with van der Waals surface area (Å²) in [5.41, 5.74) is 11.0. The lowest BCUT2D eigenvalue weighted by Gasteiger charge is -2.28. The maximum Gasteiger partial charge on any atom is 0.284 e. The fourth-order valence-electron chi connectivity index (χ4n) is 14.7. The molecule has 27 nitrogen and oxygen atoms in total. The number of ketones is 1. The Hall–Kier alpha value is -14.7. The van der Waals surface area contributed by atoms with E-state index >= 15 is 8.78 Å². The predicted octanol–water partition coefficient (Wildman–Crippen LogP) is 15.2. The van der Waals surface area contributed by atoms with E-state index < -0.39 is 40.1 Å². The normalized spacial score (nSPS) is 13.3. The highest BCUT2D eigenvalue weighted by Gasteiger charge is 2.41. The fraction of sp³-hybridized carbons (Fsp3) is 0.189. The number of hydrogen-bond acceptors (Lipinski definition) is 19. The molecular weight excluding hydrogens is 1520 g/mol. The average molecular weight is 1600 g/mol. The minimum absolute atomic E-state index is 0.0207. The molecule has 0 bridgehead atoms. The number of para-hydroxylation sites is 3. The molecule has 2 amide bonds. The lowest BCUT2D eigenvalue weighted by Crippen LogP contribution is -2.38. The highest BCUT2D eigenvalue weighted by Crippen LogP contribution is 2.40. The van der Waals surface area contributed by atoms with Crippen molar-refractivity contribution in [1.29, 1.82) is 0 Å². The van der Waals surface area contributed by atoms with E-state index in [2.05, 4.69) is 35.6 Å². The van der Waals surface area contributed by atoms with Gasteiger partial charge in [-0.1, -0.05) is 67.4 Å². The molecule has 0 radical (unpaired) electrons. The molecule has 2 aliphatic rings. The first kappa shape index (κ1) is 79.5. The number of ether oxygens (including phenoxy) is 7. The number of nitrogens with zero attached hydrogens (tertiary/aromatic N) is 11. The van der Waals surface area contributed by atoms with Crippen LogP contribution in [0.3, 0.4) is 0 Å². The molecule has 1 aliphatic carbocycles. The molecule has 8 aromatic carbocycles. The van der Waals surface area contributed by atoms with Crippen molar-refractivity contribution in [1.82, 2.24) is 53.0 Å². The Kier molecular flexibility index (Phi) is 23.0. The van der Waals surface area contributed by atoms with Crippen LogP contribution in [-0.2, 0) is 37.3 Å². The van der Waals surface area contributed by atoms with Crippen molar-refractivity contribution < 1.29 is 56.3 Å². The van der Waals surface area contributed by atoms with Crippen molar-refractivity contribution in [2.24, 2.45) is 19.8 Å². The first-order valence-electron chi connectivity index (χ1n) is 38.1. The smallest absolute Gasteiger partial charge is 0.284 e. The summed E-state index contributed by atoms with van der Waals surface area (Å²) in [5, 5.41) is 7.55. The van der Waals surface area contributed by atoms with Crippen molar-refractivity contribution in [2.45, 2.75) is 70.6 Å². The van der Waals surface area contributed by atoms with Crippen LogP contribution in [0.4, 0.5) is 20.2 Å². The minimum atomic E-state index is -0.832.